The Morgan fingerprint density at radius 1 is 1.07 bits per heavy atom. The van der Waals surface area contributed by atoms with E-state index in [1.54, 1.807) is 0 Å². The van der Waals surface area contributed by atoms with E-state index in [0.717, 1.165) is 0 Å². The van der Waals surface area contributed by atoms with Gasteiger partial charge in [0.05, 0.1) is 0 Å². The minimum absolute atomic E-state index is 1.25. The lowest BCUT2D eigenvalue weighted by molar-refractivity contribution is 0.344. The van der Waals surface area contributed by atoms with E-state index in [4.69, 9.17) is 0 Å². The number of aryl methyl sites for hydroxylation is 3. The van der Waals surface area contributed by atoms with Crippen LogP contribution in [0.3, 0.4) is 0 Å². The van der Waals surface area contributed by atoms with E-state index < -0.39 is 0 Å². The van der Waals surface area contributed by atoms with Gasteiger partial charge in [0.15, 0.2) is 0 Å². The van der Waals surface area contributed by atoms with E-state index in [1.807, 2.05) is 11.9 Å². The zero-order valence-corrected chi connectivity index (χ0v) is 9.95. The molecule has 0 atom stereocenters. The molecule has 1 aromatic carbocycles. The molecule has 2 heteroatoms. The van der Waals surface area contributed by atoms with Crippen LogP contribution < -0.4 is 0 Å². The molecule has 0 spiro atoms. The van der Waals surface area contributed by atoms with Crippen LogP contribution in [-0.4, -0.2) is 17.4 Å². The summed E-state index contributed by atoms with van der Waals surface area (Å²) in [5, 5.41) is 0. The number of hydrogen-bond donors (Lipinski definition) is 0. The third kappa shape index (κ3) is 1.96. The fourth-order valence-corrected chi connectivity index (χ4v) is 2.92. The molecule has 1 aliphatic heterocycles. The lowest BCUT2D eigenvalue weighted by Gasteiger charge is -2.30. The van der Waals surface area contributed by atoms with Crippen LogP contribution in [0, 0.1) is 20.8 Å². The van der Waals surface area contributed by atoms with E-state index in [9.17, 15) is 0 Å². The van der Waals surface area contributed by atoms with Gasteiger partial charge in [0.25, 0.3) is 0 Å². The molecule has 1 saturated heterocycles. The summed E-state index contributed by atoms with van der Waals surface area (Å²) in [7, 11) is 0. The summed E-state index contributed by atoms with van der Waals surface area (Å²) in [4.78, 5) is 1.45. The predicted molar refractivity (Wildman–Crippen MR) is 62.7 cm³/mol. The lowest BCUT2D eigenvalue weighted by Crippen LogP contribution is -2.30. The van der Waals surface area contributed by atoms with Gasteiger partial charge in [-0.1, -0.05) is 17.7 Å². The molecule has 76 valence electrons. The maximum atomic E-state index is 2.44. The molecule has 0 saturated carbocycles. The van der Waals surface area contributed by atoms with Gasteiger partial charge in [-0.15, -0.1) is 0 Å². The predicted octanol–water partition coefficient (Wildman–Crippen LogP) is 3.32. The SMILES string of the molecule is Cc1cc(C)c(SN2CCC2)c(C)c1. The highest BCUT2D eigenvalue weighted by Crippen LogP contribution is 2.32. The van der Waals surface area contributed by atoms with Crippen molar-refractivity contribution >= 4 is 11.9 Å². The van der Waals surface area contributed by atoms with Gasteiger partial charge in [-0.3, -0.25) is 0 Å². The van der Waals surface area contributed by atoms with Crippen molar-refractivity contribution in [1.82, 2.24) is 4.31 Å². The van der Waals surface area contributed by atoms with Crippen LogP contribution >= 0.6 is 11.9 Å². The zero-order valence-electron chi connectivity index (χ0n) is 9.13. The van der Waals surface area contributed by atoms with Gasteiger partial charge in [-0.05, 0) is 50.3 Å². The summed E-state index contributed by atoms with van der Waals surface area (Å²) < 4.78 is 2.44. The van der Waals surface area contributed by atoms with E-state index in [2.05, 4.69) is 37.2 Å². The Kier molecular flexibility index (Phi) is 2.84. The van der Waals surface area contributed by atoms with Gasteiger partial charge in [0, 0.05) is 18.0 Å². The topological polar surface area (TPSA) is 3.24 Å². The van der Waals surface area contributed by atoms with Crippen molar-refractivity contribution < 1.29 is 0 Å². The van der Waals surface area contributed by atoms with Gasteiger partial charge in [-0.25, -0.2) is 4.31 Å². The van der Waals surface area contributed by atoms with Gasteiger partial charge in [0.2, 0.25) is 0 Å². The second kappa shape index (κ2) is 3.95. The Morgan fingerprint density at radius 3 is 2.07 bits per heavy atom. The molecule has 0 bridgehead atoms. The summed E-state index contributed by atoms with van der Waals surface area (Å²) >= 11 is 1.93. The lowest BCUT2D eigenvalue weighted by atomic mass is 10.1. The van der Waals surface area contributed by atoms with Crippen LogP contribution in [0.2, 0.25) is 0 Å². The highest BCUT2D eigenvalue weighted by Gasteiger charge is 2.17. The first-order chi connectivity index (χ1) is 6.66. The first kappa shape index (κ1) is 10.1. The minimum atomic E-state index is 1.25. The summed E-state index contributed by atoms with van der Waals surface area (Å²) in [5.41, 5.74) is 4.20. The van der Waals surface area contributed by atoms with E-state index >= 15 is 0 Å². The molecule has 1 aliphatic rings. The molecular formula is C12H17NS. The molecule has 0 unspecified atom stereocenters. The highest BCUT2D eigenvalue weighted by molar-refractivity contribution is 7.97. The van der Waals surface area contributed by atoms with Crippen molar-refractivity contribution in [2.45, 2.75) is 32.1 Å². The molecule has 14 heavy (non-hydrogen) atoms. The smallest absolute Gasteiger partial charge is 0.0288 e. The van der Waals surface area contributed by atoms with Crippen molar-refractivity contribution in [3.63, 3.8) is 0 Å². The van der Waals surface area contributed by atoms with Gasteiger partial charge in [-0.2, -0.15) is 0 Å². The largest absolute Gasteiger partial charge is 0.246 e. The maximum Gasteiger partial charge on any atom is 0.0288 e. The Balaban J connectivity index is 2.22. The summed E-state index contributed by atoms with van der Waals surface area (Å²) in [6.07, 6.45) is 1.36. The van der Waals surface area contributed by atoms with Crippen LogP contribution in [0.15, 0.2) is 17.0 Å². The summed E-state index contributed by atoms with van der Waals surface area (Å²) in [6, 6.07) is 4.55. The molecule has 0 aliphatic carbocycles. The second-order valence-electron chi connectivity index (χ2n) is 4.10. The molecule has 1 fully saturated rings. The van der Waals surface area contributed by atoms with Crippen LogP contribution in [0.25, 0.3) is 0 Å². The van der Waals surface area contributed by atoms with Crippen molar-refractivity contribution in [2.75, 3.05) is 13.1 Å². The second-order valence-corrected chi connectivity index (χ2v) is 5.21. The van der Waals surface area contributed by atoms with Crippen LogP contribution in [0.5, 0.6) is 0 Å². The van der Waals surface area contributed by atoms with Gasteiger partial charge >= 0.3 is 0 Å². The molecule has 0 N–H and O–H groups in total. The minimum Gasteiger partial charge on any atom is -0.246 e. The molecular weight excluding hydrogens is 190 g/mol. The molecule has 2 rings (SSSR count). The van der Waals surface area contributed by atoms with Crippen LogP contribution in [0.1, 0.15) is 23.1 Å². The van der Waals surface area contributed by atoms with Crippen LogP contribution in [-0.2, 0) is 0 Å². The Morgan fingerprint density at radius 2 is 1.64 bits per heavy atom. The molecule has 0 radical (unpaired) electrons. The quantitative estimate of drug-likeness (QED) is 0.684. The molecule has 1 nitrogen and oxygen atoms in total. The molecule has 1 heterocycles. The molecule has 0 aromatic heterocycles. The summed E-state index contributed by atoms with van der Waals surface area (Å²) in [6.45, 7) is 9.08. The summed E-state index contributed by atoms with van der Waals surface area (Å²) in [5.74, 6) is 0. The van der Waals surface area contributed by atoms with E-state index in [1.165, 1.54) is 41.1 Å². The fraction of sp³-hybridized carbons (Fsp3) is 0.500. The average molecular weight is 207 g/mol. The fourth-order valence-electron chi connectivity index (χ4n) is 1.82. The Bertz CT molecular complexity index is 319. The van der Waals surface area contributed by atoms with Gasteiger partial charge < -0.3 is 0 Å². The van der Waals surface area contributed by atoms with Crippen molar-refractivity contribution in [3.05, 3.63) is 28.8 Å². The Hall–Kier alpha value is -0.470. The van der Waals surface area contributed by atoms with Crippen LogP contribution in [0.4, 0.5) is 0 Å². The normalized spacial score (nSPS) is 16.8. The highest BCUT2D eigenvalue weighted by atomic mass is 32.2. The van der Waals surface area contributed by atoms with E-state index in [0.29, 0.717) is 0 Å². The first-order valence-electron chi connectivity index (χ1n) is 5.17. The number of nitrogens with zero attached hydrogens (tertiary/aromatic N) is 1. The van der Waals surface area contributed by atoms with Crippen molar-refractivity contribution in [3.8, 4) is 0 Å². The Labute approximate surface area is 90.6 Å². The molecule has 0 amide bonds. The molecule has 1 aromatic rings. The third-order valence-electron chi connectivity index (χ3n) is 2.64. The maximum absolute atomic E-state index is 2.44. The monoisotopic (exact) mass is 207 g/mol. The van der Waals surface area contributed by atoms with Gasteiger partial charge in [0.1, 0.15) is 0 Å². The standard InChI is InChI=1S/C12H17NS/c1-9-7-10(2)12(11(3)8-9)14-13-5-4-6-13/h7-8H,4-6H2,1-3H3. The van der Waals surface area contributed by atoms with Crippen molar-refractivity contribution in [2.24, 2.45) is 0 Å². The van der Waals surface area contributed by atoms with E-state index in [-0.39, 0.29) is 0 Å². The number of hydrogen-bond acceptors (Lipinski definition) is 2. The average Bonchev–Trinajstić information content (AvgIpc) is 1.98. The third-order valence-corrected chi connectivity index (χ3v) is 4.09. The number of rotatable bonds is 2. The number of benzene rings is 1. The van der Waals surface area contributed by atoms with Crippen molar-refractivity contribution in [1.29, 1.82) is 0 Å². The first-order valence-corrected chi connectivity index (χ1v) is 5.95. The zero-order chi connectivity index (χ0) is 10.1.